The van der Waals surface area contributed by atoms with Crippen LogP contribution in [-0.2, 0) is 13.0 Å². The van der Waals surface area contributed by atoms with E-state index in [0.717, 1.165) is 32.6 Å². The molecular weight excluding hydrogens is 268 g/mol. The van der Waals surface area contributed by atoms with Gasteiger partial charge >= 0.3 is 0 Å². The molecule has 0 amide bonds. The first-order valence-electron chi connectivity index (χ1n) is 7.77. The molecule has 0 aromatic carbocycles. The number of hydrogen-bond donors (Lipinski definition) is 1. The van der Waals surface area contributed by atoms with Crippen LogP contribution in [0, 0.1) is 0 Å². The minimum atomic E-state index is 0.662. The fraction of sp³-hybridized carbons (Fsp3) is 0.800. The molecule has 1 N–H and O–H groups in total. The van der Waals surface area contributed by atoms with E-state index in [9.17, 15) is 0 Å². The molecule has 20 heavy (non-hydrogen) atoms. The van der Waals surface area contributed by atoms with Crippen LogP contribution in [0.5, 0.6) is 0 Å². The zero-order valence-electron chi connectivity index (χ0n) is 13.3. The highest BCUT2D eigenvalue weighted by atomic mass is 32.1. The van der Waals surface area contributed by atoms with Gasteiger partial charge in [-0.25, -0.2) is 4.98 Å². The average Bonchev–Trinajstić information content (AvgIpc) is 2.83. The Bertz CT molecular complexity index is 395. The summed E-state index contributed by atoms with van der Waals surface area (Å²) in [4.78, 5) is 11.3. The fourth-order valence-corrected chi connectivity index (χ4v) is 3.95. The lowest BCUT2D eigenvalue weighted by atomic mass is 10.1. The number of rotatable bonds is 6. The third-order valence-corrected chi connectivity index (χ3v) is 5.27. The van der Waals surface area contributed by atoms with Gasteiger partial charge in [0.05, 0.1) is 5.69 Å². The van der Waals surface area contributed by atoms with Crippen LogP contribution in [0.2, 0.25) is 0 Å². The Morgan fingerprint density at radius 2 is 2.15 bits per heavy atom. The molecule has 1 atom stereocenters. The second kappa shape index (κ2) is 7.38. The standard InChI is InChI=1S/C15H28N4S/c1-5-7-13-14(10-16-3)20-15(17-13)19-9-8-18(4)12(6-2)11-19/h12,16H,5-11H2,1-4H3. The minimum Gasteiger partial charge on any atom is -0.345 e. The fourth-order valence-electron chi connectivity index (χ4n) is 2.80. The van der Waals surface area contributed by atoms with Crippen molar-refractivity contribution in [3.8, 4) is 0 Å². The van der Waals surface area contributed by atoms with Gasteiger partial charge in [-0.15, -0.1) is 11.3 Å². The van der Waals surface area contributed by atoms with E-state index in [-0.39, 0.29) is 0 Å². The van der Waals surface area contributed by atoms with E-state index in [0.29, 0.717) is 6.04 Å². The first-order chi connectivity index (χ1) is 9.69. The maximum atomic E-state index is 4.92. The lowest BCUT2D eigenvalue weighted by molar-refractivity contribution is 0.213. The van der Waals surface area contributed by atoms with Gasteiger partial charge < -0.3 is 10.2 Å². The summed E-state index contributed by atoms with van der Waals surface area (Å²) in [7, 11) is 4.25. The second-order valence-electron chi connectivity index (χ2n) is 5.64. The summed E-state index contributed by atoms with van der Waals surface area (Å²) in [5, 5.41) is 4.50. The molecule has 5 heteroatoms. The third-order valence-electron chi connectivity index (χ3n) is 4.11. The van der Waals surface area contributed by atoms with Crippen LogP contribution in [0.3, 0.4) is 0 Å². The zero-order chi connectivity index (χ0) is 14.5. The first kappa shape index (κ1) is 15.7. The third kappa shape index (κ3) is 3.51. The Hall–Kier alpha value is -0.650. The maximum Gasteiger partial charge on any atom is 0.185 e. The van der Waals surface area contributed by atoms with Crippen molar-refractivity contribution in [1.82, 2.24) is 15.2 Å². The number of thiazole rings is 1. The molecule has 1 aliphatic rings. The SMILES string of the molecule is CCCc1nc(N2CCN(C)C(CC)C2)sc1CNC. The lowest BCUT2D eigenvalue weighted by Gasteiger charge is -2.39. The van der Waals surface area contributed by atoms with E-state index in [1.54, 1.807) is 0 Å². The van der Waals surface area contributed by atoms with Gasteiger partial charge in [0.25, 0.3) is 0 Å². The first-order valence-corrected chi connectivity index (χ1v) is 8.59. The van der Waals surface area contributed by atoms with Crippen molar-refractivity contribution in [1.29, 1.82) is 0 Å². The van der Waals surface area contributed by atoms with Crippen molar-refractivity contribution in [3.63, 3.8) is 0 Å². The molecule has 1 aromatic rings. The molecule has 2 rings (SSSR count). The molecule has 0 radical (unpaired) electrons. The molecule has 4 nitrogen and oxygen atoms in total. The van der Waals surface area contributed by atoms with Gasteiger partial charge in [-0.2, -0.15) is 0 Å². The predicted octanol–water partition coefficient (Wildman–Crippen LogP) is 2.35. The van der Waals surface area contributed by atoms with Gasteiger partial charge in [0.15, 0.2) is 5.13 Å². The Labute approximate surface area is 127 Å². The Kier molecular flexibility index (Phi) is 5.81. The molecule has 1 saturated heterocycles. The summed E-state index contributed by atoms with van der Waals surface area (Å²) in [6.07, 6.45) is 3.47. The van der Waals surface area contributed by atoms with Crippen molar-refractivity contribution in [3.05, 3.63) is 10.6 Å². The molecule has 1 aromatic heterocycles. The van der Waals surface area contributed by atoms with Gasteiger partial charge in [0.1, 0.15) is 0 Å². The highest BCUT2D eigenvalue weighted by Crippen LogP contribution is 2.29. The van der Waals surface area contributed by atoms with Crippen molar-refractivity contribution >= 4 is 16.5 Å². The quantitative estimate of drug-likeness (QED) is 0.873. The van der Waals surface area contributed by atoms with Crippen molar-refractivity contribution < 1.29 is 0 Å². The van der Waals surface area contributed by atoms with E-state index in [2.05, 4.69) is 36.0 Å². The van der Waals surface area contributed by atoms with Gasteiger partial charge in [-0.05, 0) is 26.9 Å². The molecule has 1 fully saturated rings. The summed E-state index contributed by atoms with van der Waals surface area (Å²) in [6.45, 7) is 8.81. The van der Waals surface area contributed by atoms with Crippen molar-refractivity contribution in [2.75, 3.05) is 38.6 Å². The highest BCUT2D eigenvalue weighted by molar-refractivity contribution is 7.15. The van der Waals surface area contributed by atoms with Crippen molar-refractivity contribution in [2.24, 2.45) is 0 Å². The topological polar surface area (TPSA) is 31.4 Å². The number of aromatic nitrogens is 1. The number of piperazine rings is 1. The van der Waals surface area contributed by atoms with Crippen LogP contribution in [0.25, 0.3) is 0 Å². The lowest BCUT2D eigenvalue weighted by Crippen LogP contribution is -2.51. The second-order valence-corrected chi connectivity index (χ2v) is 6.70. The summed E-state index contributed by atoms with van der Waals surface area (Å²) in [5.41, 5.74) is 1.30. The molecule has 0 spiro atoms. The smallest absolute Gasteiger partial charge is 0.185 e. The highest BCUT2D eigenvalue weighted by Gasteiger charge is 2.25. The van der Waals surface area contributed by atoms with E-state index in [1.807, 2.05) is 18.4 Å². The summed E-state index contributed by atoms with van der Waals surface area (Å²) >= 11 is 1.88. The van der Waals surface area contributed by atoms with E-state index in [1.165, 1.54) is 28.5 Å². The molecular formula is C15H28N4S. The maximum absolute atomic E-state index is 4.92. The van der Waals surface area contributed by atoms with Gasteiger partial charge in [0.2, 0.25) is 0 Å². The van der Waals surface area contributed by atoms with Crippen LogP contribution in [0.15, 0.2) is 0 Å². The molecule has 1 aliphatic heterocycles. The summed E-state index contributed by atoms with van der Waals surface area (Å²) in [5.74, 6) is 0. The molecule has 0 saturated carbocycles. The van der Waals surface area contributed by atoms with Crippen LogP contribution in [0.1, 0.15) is 37.3 Å². The normalized spacial score (nSPS) is 20.6. The van der Waals surface area contributed by atoms with E-state index in [4.69, 9.17) is 4.98 Å². The zero-order valence-corrected chi connectivity index (χ0v) is 14.1. The molecule has 0 aliphatic carbocycles. The van der Waals surface area contributed by atoms with Crippen LogP contribution >= 0.6 is 11.3 Å². The van der Waals surface area contributed by atoms with Gasteiger partial charge in [0, 0.05) is 37.1 Å². The average molecular weight is 296 g/mol. The van der Waals surface area contributed by atoms with Crippen LogP contribution < -0.4 is 10.2 Å². The number of nitrogens with zero attached hydrogens (tertiary/aromatic N) is 3. The summed E-state index contributed by atoms with van der Waals surface area (Å²) in [6, 6.07) is 0.662. The number of hydrogen-bond acceptors (Lipinski definition) is 5. The molecule has 2 heterocycles. The van der Waals surface area contributed by atoms with Crippen molar-refractivity contribution in [2.45, 2.75) is 45.7 Å². The largest absolute Gasteiger partial charge is 0.345 e. The Morgan fingerprint density at radius 3 is 2.80 bits per heavy atom. The monoisotopic (exact) mass is 296 g/mol. The number of anilines is 1. The van der Waals surface area contributed by atoms with Gasteiger partial charge in [-0.1, -0.05) is 20.3 Å². The Balaban J connectivity index is 2.13. The molecule has 1 unspecified atom stereocenters. The molecule has 0 bridgehead atoms. The minimum absolute atomic E-state index is 0.662. The summed E-state index contributed by atoms with van der Waals surface area (Å²) < 4.78 is 0. The Morgan fingerprint density at radius 1 is 1.35 bits per heavy atom. The number of aryl methyl sites for hydroxylation is 1. The van der Waals surface area contributed by atoms with E-state index >= 15 is 0 Å². The van der Waals surface area contributed by atoms with E-state index < -0.39 is 0 Å². The number of nitrogens with one attached hydrogen (secondary N) is 1. The number of likely N-dealkylation sites (N-methyl/N-ethyl adjacent to an activating group) is 1. The molecule has 114 valence electrons. The van der Waals surface area contributed by atoms with Gasteiger partial charge in [-0.3, -0.25) is 4.90 Å². The predicted molar refractivity (Wildman–Crippen MR) is 87.8 cm³/mol. The van der Waals surface area contributed by atoms with Crippen LogP contribution in [-0.4, -0.2) is 49.7 Å². The van der Waals surface area contributed by atoms with Crippen LogP contribution in [0.4, 0.5) is 5.13 Å².